The molecule has 6 heteroatoms. The molecule has 0 unspecified atom stereocenters. The Morgan fingerprint density at radius 2 is 1.28 bits per heavy atom. The van der Waals surface area contributed by atoms with E-state index in [1.807, 2.05) is 41.2 Å². The summed E-state index contributed by atoms with van der Waals surface area (Å²) in [6, 6.07) is 0.163. The summed E-state index contributed by atoms with van der Waals surface area (Å²) < 4.78 is 0. The molecule has 3 fully saturated rings. The Kier molecular flexibility index (Phi) is 4.16. The number of hydrogen-bond acceptors (Lipinski definition) is 4. The van der Waals surface area contributed by atoms with E-state index in [2.05, 4.69) is 0 Å². The monoisotopic (exact) mass is 346 g/mol. The van der Waals surface area contributed by atoms with Gasteiger partial charge in [-0.25, -0.2) is 4.79 Å². The largest absolute Gasteiger partial charge is 0.332 e. The summed E-state index contributed by atoms with van der Waals surface area (Å²) >= 11 is 0. The lowest BCUT2D eigenvalue weighted by atomic mass is 9.93. The van der Waals surface area contributed by atoms with Crippen molar-refractivity contribution < 1.29 is 9.59 Å². The van der Waals surface area contributed by atoms with E-state index in [1.54, 1.807) is 4.90 Å². The van der Waals surface area contributed by atoms with Gasteiger partial charge in [-0.15, -0.1) is 0 Å². The molecule has 3 amide bonds. The van der Waals surface area contributed by atoms with Crippen LogP contribution in [0.1, 0.15) is 64.2 Å². The first-order chi connectivity index (χ1) is 12.1. The smallest absolute Gasteiger partial charge is 0.331 e. The molecule has 25 heavy (non-hydrogen) atoms. The molecular formula is C19H30N4O2. The first kappa shape index (κ1) is 16.7. The highest BCUT2D eigenvalue weighted by Crippen LogP contribution is 2.43. The number of urea groups is 1. The average Bonchev–Trinajstić information content (AvgIpc) is 3.06. The second-order valence-electron chi connectivity index (χ2n) is 8.07. The quantitative estimate of drug-likeness (QED) is 0.721. The van der Waals surface area contributed by atoms with Crippen molar-refractivity contribution in [3.8, 4) is 0 Å². The molecule has 0 aromatic heterocycles. The van der Waals surface area contributed by atoms with Crippen molar-refractivity contribution in [3.05, 3.63) is 12.4 Å². The molecule has 0 radical (unpaired) electrons. The molecule has 0 bridgehead atoms. The standard InChI is InChI=1S/C19H30N4O2/c1-20-13-14-21(2)19(20)17(24)22(15-9-5-3-6-10-15)18(25)23(19)16-11-7-4-8-12-16/h13-16H,3-12H2,1-2H3. The summed E-state index contributed by atoms with van der Waals surface area (Å²) in [5.74, 6) is -1.04. The molecule has 1 spiro atoms. The molecule has 2 aliphatic carbocycles. The van der Waals surface area contributed by atoms with E-state index >= 15 is 0 Å². The topological polar surface area (TPSA) is 47.1 Å². The number of likely N-dealkylation sites (N-methyl/N-ethyl adjacent to an activating group) is 2. The van der Waals surface area contributed by atoms with Crippen molar-refractivity contribution >= 4 is 11.9 Å². The molecule has 0 aromatic carbocycles. The van der Waals surface area contributed by atoms with E-state index in [0.29, 0.717) is 0 Å². The number of carbonyl (C=O) groups excluding carboxylic acids is 2. The highest BCUT2D eigenvalue weighted by molar-refractivity contribution is 6.07. The van der Waals surface area contributed by atoms with E-state index in [1.165, 1.54) is 12.8 Å². The summed E-state index contributed by atoms with van der Waals surface area (Å²) in [4.78, 5) is 34.6. The minimum absolute atomic E-state index is 0.0510. The lowest BCUT2D eigenvalue weighted by Gasteiger charge is -2.46. The molecule has 138 valence electrons. The van der Waals surface area contributed by atoms with Gasteiger partial charge in [-0.2, -0.15) is 0 Å². The minimum atomic E-state index is -0.990. The van der Waals surface area contributed by atoms with Crippen LogP contribution in [0.4, 0.5) is 4.79 Å². The zero-order chi connectivity index (χ0) is 17.6. The van der Waals surface area contributed by atoms with Crippen molar-refractivity contribution in [1.82, 2.24) is 19.6 Å². The van der Waals surface area contributed by atoms with Crippen LogP contribution in [0.15, 0.2) is 12.4 Å². The number of imide groups is 1. The number of carbonyl (C=O) groups is 2. The van der Waals surface area contributed by atoms with E-state index in [4.69, 9.17) is 0 Å². The van der Waals surface area contributed by atoms with Crippen LogP contribution in [-0.4, -0.2) is 63.5 Å². The van der Waals surface area contributed by atoms with Gasteiger partial charge in [0.1, 0.15) is 0 Å². The molecule has 2 heterocycles. The van der Waals surface area contributed by atoms with Crippen molar-refractivity contribution in [2.24, 2.45) is 0 Å². The predicted octanol–water partition coefficient (Wildman–Crippen LogP) is 2.92. The van der Waals surface area contributed by atoms with Crippen LogP contribution in [0.25, 0.3) is 0 Å². The third kappa shape index (κ3) is 2.29. The first-order valence-corrected chi connectivity index (χ1v) is 9.89. The fourth-order valence-corrected chi connectivity index (χ4v) is 5.31. The van der Waals surface area contributed by atoms with Gasteiger partial charge in [0.15, 0.2) is 0 Å². The molecule has 0 atom stereocenters. The van der Waals surface area contributed by atoms with Gasteiger partial charge in [-0.3, -0.25) is 14.6 Å². The normalized spacial score (nSPS) is 28.1. The Labute approximate surface area is 150 Å². The molecule has 4 rings (SSSR count). The number of hydrogen-bond donors (Lipinski definition) is 0. The van der Waals surface area contributed by atoms with Gasteiger partial charge in [0, 0.05) is 38.6 Å². The van der Waals surface area contributed by atoms with Crippen LogP contribution in [0.3, 0.4) is 0 Å². The van der Waals surface area contributed by atoms with Crippen molar-refractivity contribution in [1.29, 1.82) is 0 Å². The van der Waals surface area contributed by atoms with Crippen LogP contribution in [0.5, 0.6) is 0 Å². The van der Waals surface area contributed by atoms with E-state index in [0.717, 1.165) is 51.4 Å². The van der Waals surface area contributed by atoms with Gasteiger partial charge in [0.05, 0.1) is 0 Å². The van der Waals surface area contributed by atoms with Gasteiger partial charge in [0.25, 0.3) is 11.7 Å². The van der Waals surface area contributed by atoms with E-state index < -0.39 is 5.79 Å². The van der Waals surface area contributed by atoms with Gasteiger partial charge in [0.2, 0.25) is 0 Å². The summed E-state index contributed by atoms with van der Waals surface area (Å²) in [5.41, 5.74) is 0. The van der Waals surface area contributed by atoms with Crippen molar-refractivity contribution in [2.75, 3.05) is 14.1 Å². The lowest BCUT2D eigenvalue weighted by molar-refractivity contribution is -0.154. The van der Waals surface area contributed by atoms with Crippen LogP contribution in [0.2, 0.25) is 0 Å². The second kappa shape index (κ2) is 6.22. The molecule has 0 N–H and O–H groups in total. The van der Waals surface area contributed by atoms with E-state index in [9.17, 15) is 9.59 Å². The Balaban J connectivity index is 1.73. The highest BCUT2D eigenvalue weighted by atomic mass is 16.2. The molecule has 0 aromatic rings. The fourth-order valence-electron chi connectivity index (χ4n) is 5.31. The minimum Gasteiger partial charge on any atom is -0.332 e. The zero-order valence-corrected chi connectivity index (χ0v) is 15.5. The molecule has 4 aliphatic rings. The molecule has 1 saturated heterocycles. The van der Waals surface area contributed by atoms with Gasteiger partial charge in [-0.05, 0) is 25.7 Å². The SMILES string of the molecule is CN1C=CN(C)C12C(=O)N(C1CCCCC1)C(=O)N2C1CCCCC1. The van der Waals surface area contributed by atoms with Gasteiger partial charge < -0.3 is 9.80 Å². The summed E-state index contributed by atoms with van der Waals surface area (Å²) in [5, 5.41) is 0. The lowest BCUT2D eigenvalue weighted by Crippen LogP contribution is -2.67. The van der Waals surface area contributed by atoms with Crippen molar-refractivity contribution in [3.63, 3.8) is 0 Å². The molecule has 2 saturated carbocycles. The molecule has 2 aliphatic heterocycles. The van der Waals surface area contributed by atoms with Crippen LogP contribution in [0, 0.1) is 0 Å². The average molecular weight is 346 g/mol. The Morgan fingerprint density at radius 1 is 0.800 bits per heavy atom. The van der Waals surface area contributed by atoms with E-state index in [-0.39, 0.29) is 24.0 Å². The molecular weight excluding hydrogens is 316 g/mol. The summed E-state index contributed by atoms with van der Waals surface area (Å²) in [6.45, 7) is 0. The predicted molar refractivity (Wildman–Crippen MR) is 95.2 cm³/mol. The Hall–Kier alpha value is -1.72. The fraction of sp³-hybridized carbons (Fsp3) is 0.789. The summed E-state index contributed by atoms with van der Waals surface area (Å²) in [6.07, 6.45) is 14.7. The highest BCUT2D eigenvalue weighted by Gasteiger charge is 2.66. The van der Waals surface area contributed by atoms with Crippen LogP contribution in [-0.2, 0) is 4.79 Å². The third-order valence-corrected chi connectivity index (χ3v) is 6.63. The van der Waals surface area contributed by atoms with Gasteiger partial charge in [-0.1, -0.05) is 38.5 Å². The maximum atomic E-state index is 13.7. The van der Waals surface area contributed by atoms with Gasteiger partial charge >= 0.3 is 6.03 Å². The molecule has 6 nitrogen and oxygen atoms in total. The maximum absolute atomic E-state index is 13.7. The Bertz CT molecular complexity index is 566. The number of rotatable bonds is 2. The van der Waals surface area contributed by atoms with Crippen molar-refractivity contribution in [2.45, 2.75) is 82.1 Å². The number of nitrogens with zero attached hydrogens (tertiary/aromatic N) is 4. The maximum Gasteiger partial charge on any atom is 0.331 e. The second-order valence-corrected chi connectivity index (χ2v) is 8.07. The summed E-state index contributed by atoms with van der Waals surface area (Å²) in [7, 11) is 3.84. The third-order valence-electron chi connectivity index (χ3n) is 6.63. The van der Waals surface area contributed by atoms with Crippen LogP contribution >= 0.6 is 0 Å². The first-order valence-electron chi connectivity index (χ1n) is 9.89. The Morgan fingerprint density at radius 3 is 1.80 bits per heavy atom. The van der Waals surface area contributed by atoms with Crippen LogP contribution < -0.4 is 0 Å². The number of amides is 3. The zero-order valence-electron chi connectivity index (χ0n) is 15.5.